The normalized spacial score (nSPS) is 9.93. The molecule has 4 heteroatoms. The Morgan fingerprint density at radius 3 is 2.47 bits per heavy atom. The highest BCUT2D eigenvalue weighted by molar-refractivity contribution is 9.10. The second-order valence-corrected chi connectivity index (χ2v) is 3.99. The van der Waals surface area contributed by atoms with Gasteiger partial charge in [-0.3, -0.25) is 0 Å². The maximum atomic E-state index is 8.68. The molecule has 2 aromatic rings. The Kier molecular flexibility index (Phi) is 2.57. The zero-order valence-corrected chi connectivity index (χ0v) is 9.69. The van der Waals surface area contributed by atoms with Crippen LogP contribution in [0.25, 0.3) is 5.69 Å². The van der Waals surface area contributed by atoms with E-state index in [0.717, 1.165) is 16.0 Å². The summed E-state index contributed by atoms with van der Waals surface area (Å²) in [7, 11) is 0. The molecular weight excluding hydrogens is 254 g/mol. The van der Waals surface area contributed by atoms with E-state index in [4.69, 9.17) is 5.26 Å². The van der Waals surface area contributed by atoms with Gasteiger partial charge < -0.3 is 0 Å². The quantitative estimate of drug-likeness (QED) is 0.792. The summed E-state index contributed by atoms with van der Waals surface area (Å²) in [4.78, 5) is 0. The molecule has 15 heavy (non-hydrogen) atoms. The van der Waals surface area contributed by atoms with Crippen LogP contribution in [0, 0.1) is 18.3 Å². The summed E-state index contributed by atoms with van der Waals surface area (Å²) in [5.74, 6) is 0. The number of nitriles is 1. The Hall–Kier alpha value is -1.60. The molecule has 2 rings (SSSR count). The monoisotopic (exact) mass is 261 g/mol. The minimum absolute atomic E-state index is 0.655. The molecule has 0 spiro atoms. The van der Waals surface area contributed by atoms with Crippen LogP contribution in [-0.4, -0.2) is 9.78 Å². The Balaban J connectivity index is 2.46. The molecule has 0 saturated carbocycles. The van der Waals surface area contributed by atoms with Gasteiger partial charge in [-0.1, -0.05) is 0 Å². The molecule has 1 aromatic heterocycles. The predicted molar refractivity (Wildman–Crippen MR) is 60.7 cm³/mol. The standard InChI is InChI=1S/C11H8BrN3/c1-8-6-11(12)14-15(8)10-4-2-9(7-13)3-5-10/h2-6H,1H3. The van der Waals surface area contributed by atoms with E-state index in [0.29, 0.717) is 5.56 Å². The first-order chi connectivity index (χ1) is 7.20. The van der Waals surface area contributed by atoms with Crippen LogP contribution in [0.2, 0.25) is 0 Å². The maximum absolute atomic E-state index is 8.68. The molecule has 0 unspecified atom stereocenters. The molecule has 1 aromatic carbocycles. The first-order valence-electron chi connectivity index (χ1n) is 4.43. The molecule has 74 valence electrons. The average molecular weight is 262 g/mol. The average Bonchev–Trinajstić information content (AvgIpc) is 2.58. The van der Waals surface area contributed by atoms with Crippen LogP contribution in [-0.2, 0) is 0 Å². The van der Waals surface area contributed by atoms with Crippen molar-refractivity contribution < 1.29 is 0 Å². The molecule has 0 aliphatic carbocycles. The molecule has 3 nitrogen and oxygen atoms in total. The molecule has 0 N–H and O–H groups in total. The van der Waals surface area contributed by atoms with Crippen molar-refractivity contribution in [3.05, 3.63) is 46.2 Å². The van der Waals surface area contributed by atoms with Crippen molar-refractivity contribution in [2.45, 2.75) is 6.92 Å². The van der Waals surface area contributed by atoms with Gasteiger partial charge in [-0.25, -0.2) is 4.68 Å². The van der Waals surface area contributed by atoms with E-state index < -0.39 is 0 Å². The summed E-state index contributed by atoms with van der Waals surface area (Å²) in [6.45, 7) is 1.98. The fourth-order valence-electron chi connectivity index (χ4n) is 1.38. The zero-order chi connectivity index (χ0) is 10.8. The van der Waals surface area contributed by atoms with Crippen molar-refractivity contribution in [1.29, 1.82) is 5.26 Å². The van der Waals surface area contributed by atoms with E-state index in [9.17, 15) is 0 Å². The van der Waals surface area contributed by atoms with Gasteiger partial charge in [-0.05, 0) is 53.2 Å². The second-order valence-electron chi connectivity index (χ2n) is 3.18. The first-order valence-corrected chi connectivity index (χ1v) is 5.23. The zero-order valence-electron chi connectivity index (χ0n) is 8.11. The number of rotatable bonds is 1. The summed E-state index contributed by atoms with van der Waals surface area (Å²) in [6.07, 6.45) is 0. The highest BCUT2D eigenvalue weighted by Crippen LogP contribution is 2.15. The van der Waals surface area contributed by atoms with Gasteiger partial charge in [0.1, 0.15) is 4.60 Å². The lowest BCUT2D eigenvalue weighted by Crippen LogP contribution is -1.98. The van der Waals surface area contributed by atoms with Crippen LogP contribution in [0.1, 0.15) is 11.3 Å². The van der Waals surface area contributed by atoms with Crippen molar-refractivity contribution >= 4 is 15.9 Å². The molecule has 0 atom stereocenters. The Morgan fingerprint density at radius 1 is 1.33 bits per heavy atom. The lowest BCUT2D eigenvalue weighted by molar-refractivity contribution is 0.839. The minimum atomic E-state index is 0.655. The van der Waals surface area contributed by atoms with Gasteiger partial charge in [-0.2, -0.15) is 10.4 Å². The van der Waals surface area contributed by atoms with Crippen molar-refractivity contribution in [1.82, 2.24) is 9.78 Å². The molecule has 0 aliphatic heterocycles. The van der Waals surface area contributed by atoms with Crippen LogP contribution < -0.4 is 0 Å². The SMILES string of the molecule is Cc1cc(Br)nn1-c1ccc(C#N)cc1. The Morgan fingerprint density at radius 2 is 2.00 bits per heavy atom. The van der Waals surface area contributed by atoms with Crippen LogP contribution in [0.3, 0.4) is 0 Å². The van der Waals surface area contributed by atoms with Crippen molar-refractivity contribution in [3.63, 3.8) is 0 Å². The third kappa shape index (κ3) is 1.92. The lowest BCUT2D eigenvalue weighted by atomic mass is 10.2. The van der Waals surface area contributed by atoms with E-state index in [1.807, 2.05) is 29.8 Å². The molecule has 0 amide bonds. The second kappa shape index (κ2) is 3.87. The van der Waals surface area contributed by atoms with Gasteiger partial charge in [-0.15, -0.1) is 0 Å². The molecule has 0 radical (unpaired) electrons. The number of hydrogen-bond donors (Lipinski definition) is 0. The third-order valence-corrected chi connectivity index (χ3v) is 2.49. The summed E-state index contributed by atoms with van der Waals surface area (Å²) in [5.41, 5.74) is 2.66. The number of hydrogen-bond acceptors (Lipinski definition) is 2. The van der Waals surface area contributed by atoms with Crippen LogP contribution in [0.4, 0.5) is 0 Å². The molecule has 0 saturated heterocycles. The highest BCUT2D eigenvalue weighted by atomic mass is 79.9. The van der Waals surface area contributed by atoms with E-state index in [1.54, 1.807) is 12.1 Å². The topological polar surface area (TPSA) is 41.6 Å². The molecule has 1 heterocycles. The van der Waals surface area contributed by atoms with E-state index in [1.165, 1.54) is 0 Å². The Labute approximate surface area is 96.1 Å². The number of benzene rings is 1. The largest absolute Gasteiger partial charge is 0.237 e. The van der Waals surface area contributed by atoms with Crippen molar-refractivity contribution in [3.8, 4) is 11.8 Å². The number of nitrogens with zero attached hydrogens (tertiary/aromatic N) is 3. The summed E-state index contributed by atoms with van der Waals surface area (Å²) < 4.78 is 2.63. The van der Waals surface area contributed by atoms with E-state index in [2.05, 4.69) is 27.1 Å². The number of aromatic nitrogens is 2. The van der Waals surface area contributed by atoms with Gasteiger partial charge >= 0.3 is 0 Å². The fourth-order valence-corrected chi connectivity index (χ4v) is 1.87. The summed E-state index contributed by atoms with van der Waals surface area (Å²) >= 11 is 3.32. The molecule has 0 aliphatic rings. The van der Waals surface area contributed by atoms with E-state index >= 15 is 0 Å². The van der Waals surface area contributed by atoms with Crippen molar-refractivity contribution in [2.24, 2.45) is 0 Å². The van der Waals surface area contributed by atoms with Crippen molar-refractivity contribution in [2.75, 3.05) is 0 Å². The van der Waals surface area contributed by atoms with Crippen LogP contribution in [0.5, 0.6) is 0 Å². The maximum Gasteiger partial charge on any atom is 0.128 e. The first kappa shape index (κ1) is 9.94. The van der Waals surface area contributed by atoms with Crippen LogP contribution >= 0.6 is 15.9 Å². The Bertz CT molecular complexity index is 520. The fraction of sp³-hybridized carbons (Fsp3) is 0.0909. The van der Waals surface area contributed by atoms with E-state index in [-0.39, 0.29) is 0 Å². The smallest absolute Gasteiger partial charge is 0.128 e. The molecule has 0 fully saturated rings. The number of halogens is 1. The lowest BCUT2D eigenvalue weighted by Gasteiger charge is -2.03. The van der Waals surface area contributed by atoms with Gasteiger partial charge in [0.05, 0.1) is 17.3 Å². The van der Waals surface area contributed by atoms with Crippen LogP contribution in [0.15, 0.2) is 34.9 Å². The highest BCUT2D eigenvalue weighted by Gasteiger charge is 2.03. The predicted octanol–water partition coefficient (Wildman–Crippen LogP) is 2.81. The summed E-state index contributed by atoms with van der Waals surface area (Å²) in [5, 5.41) is 13.0. The minimum Gasteiger partial charge on any atom is -0.237 e. The van der Waals surface area contributed by atoms with Gasteiger partial charge in [0.25, 0.3) is 0 Å². The van der Waals surface area contributed by atoms with Gasteiger partial charge in [0, 0.05) is 5.69 Å². The van der Waals surface area contributed by atoms with Gasteiger partial charge in [0.15, 0.2) is 0 Å². The third-order valence-electron chi connectivity index (χ3n) is 2.10. The van der Waals surface area contributed by atoms with Gasteiger partial charge in [0.2, 0.25) is 0 Å². The number of aryl methyl sites for hydroxylation is 1. The molecule has 0 bridgehead atoms. The molecular formula is C11H8BrN3. The summed E-state index contributed by atoms with van der Waals surface area (Å²) in [6, 6.07) is 11.4.